The second kappa shape index (κ2) is 9.16. The van der Waals surface area contributed by atoms with Gasteiger partial charge in [0.1, 0.15) is 5.75 Å². The summed E-state index contributed by atoms with van der Waals surface area (Å²) in [6.07, 6.45) is 7.68. The van der Waals surface area contributed by atoms with Crippen LogP contribution < -0.4 is 10.1 Å². The lowest BCUT2D eigenvalue weighted by atomic mass is 9.97. The van der Waals surface area contributed by atoms with Crippen molar-refractivity contribution in [1.29, 1.82) is 0 Å². The number of likely N-dealkylation sites (tertiary alicyclic amines) is 1. The van der Waals surface area contributed by atoms with Crippen LogP contribution in [0.2, 0.25) is 0 Å². The first kappa shape index (κ1) is 20.8. The molecule has 1 aliphatic heterocycles. The van der Waals surface area contributed by atoms with Crippen LogP contribution in [0.15, 0.2) is 24.3 Å². The predicted octanol–water partition coefficient (Wildman–Crippen LogP) is 4.44. The van der Waals surface area contributed by atoms with Crippen LogP contribution in [0.1, 0.15) is 66.9 Å². The molecule has 1 fully saturated rings. The Morgan fingerprint density at radius 1 is 1.10 bits per heavy atom. The van der Waals surface area contributed by atoms with Gasteiger partial charge in [-0.3, -0.25) is 14.9 Å². The summed E-state index contributed by atoms with van der Waals surface area (Å²) in [6.45, 7) is 4.21. The fourth-order valence-electron chi connectivity index (χ4n) is 4.41. The summed E-state index contributed by atoms with van der Waals surface area (Å²) in [4.78, 5) is 32.9. The van der Waals surface area contributed by atoms with Crippen molar-refractivity contribution in [3.8, 4) is 5.75 Å². The fraction of sp³-hybridized carbons (Fsp3) is 0.522. The molecular weight excluding hydrogens is 398 g/mol. The van der Waals surface area contributed by atoms with E-state index < -0.39 is 0 Å². The van der Waals surface area contributed by atoms with Gasteiger partial charge in [0.05, 0.1) is 5.69 Å². The third kappa shape index (κ3) is 4.67. The van der Waals surface area contributed by atoms with Crippen LogP contribution in [0.4, 0.5) is 5.13 Å². The maximum Gasteiger partial charge on any atom is 0.260 e. The van der Waals surface area contributed by atoms with Gasteiger partial charge in [-0.15, -0.1) is 11.3 Å². The molecular formula is C23H29N3O3S. The molecule has 2 amide bonds. The number of thiazole rings is 1. The molecule has 2 atom stereocenters. The molecule has 0 radical (unpaired) electrons. The van der Waals surface area contributed by atoms with Crippen LogP contribution in [0.25, 0.3) is 0 Å². The van der Waals surface area contributed by atoms with E-state index in [4.69, 9.17) is 4.74 Å². The third-order valence-electron chi connectivity index (χ3n) is 6.03. The van der Waals surface area contributed by atoms with Crippen molar-refractivity contribution in [1.82, 2.24) is 9.88 Å². The number of rotatable bonds is 5. The van der Waals surface area contributed by atoms with E-state index in [2.05, 4.69) is 24.1 Å². The maximum absolute atomic E-state index is 12.6. The van der Waals surface area contributed by atoms with Gasteiger partial charge in [-0.05, 0) is 83.1 Å². The van der Waals surface area contributed by atoms with E-state index in [1.165, 1.54) is 24.1 Å². The van der Waals surface area contributed by atoms with Crippen molar-refractivity contribution in [3.63, 3.8) is 0 Å². The number of carbonyl (C=O) groups excluding carboxylic acids is 2. The van der Waals surface area contributed by atoms with Gasteiger partial charge in [-0.25, -0.2) is 4.98 Å². The van der Waals surface area contributed by atoms with Gasteiger partial charge in [-0.2, -0.15) is 0 Å². The number of carbonyl (C=O) groups is 2. The second-order valence-corrected chi connectivity index (χ2v) is 9.38. The van der Waals surface area contributed by atoms with Crippen molar-refractivity contribution in [2.24, 2.45) is 0 Å². The number of aromatic nitrogens is 1. The van der Waals surface area contributed by atoms with E-state index in [0.717, 1.165) is 31.4 Å². The first-order chi connectivity index (χ1) is 14.5. The van der Waals surface area contributed by atoms with Crippen molar-refractivity contribution >= 4 is 28.3 Å². The predicted molar refractivity (Wildman–Crippen MR) is 118 cm³/mol. The van der Waals surface area contributed by atoms with Gasteiger partial charge >= 0.3 is 0 Å². The highest BCUT2D eigenvalue weighted by Crippen LogP contribution is 2.30. The molecule has 2 heterocycles. The van der Waals surface area contributed by atoms with Gasteiger partial charge in [0, 0.05) is 22.5 Å². The lowest BCUT2D eigenvalue weighted by molar-refractivity contribution is -0.139. The standard InChI is InChI=1S/C23H29N3O3S/c1-15-6-5-7-16(2)26(15)21(27)14-29-18-12-10-17(11-13-18)22(28)25-23-24-19-8-3-4-9-20(19)30-23/h10-13,15-16H,3-9,14H2,1-2H3,(H,24,25,28). The molecule has 2 aromatic rings. The number of ether oxygens (including phenoxy) is 1. The Labute approximate surface area is 181 Å². The lowest BCUT2D eigenvalue weighted by Crippen LogP contribution is -2.49. The van der Waals surface area contributed by atoms with Gasteiger partial charge in [-0.1, -0.05) is 0 Å². The molecule has 4 rings (SSSR count). The van der Waals surface area contributed by atoms with Crippen molar-refractivity contribution in [3.05, 3.63) is 40.4 Å². The number of fused-ring (bicyclic) bond motifs is 1. The highest BCUT2D eigenvalue weighted by atomic mass is 32.1. The number of nitrogens with zero attached hydrogens (tertiary/aromatic N) is 2. The summed E-state index contributed by atoms with van der Waals surface area (Å²) in [6, 6.07) is 7.42. The van der Waals surface area contributed by atoms with E-state index in [-0.39, 0.29) is 30.5 Å². The number of benzene rings is 1. The SMILES string of the molecule is CC1CCCC(C)N1C(=O)COc1ccc(C(=O)Nc2nc3c(s2)CCCC3)cc1. The largest absolute Gasteiger partial charge is 0.484 e. The molecule has 30 heavy (non-hydrogen) atoms. The zero-order chi connectivity index (χ0) is 21.1. The highest BCUT2D eigenvalue weighted by Gasteiger charge is 2.29. The Morgan fingerprint density at radius 3 is 2.50 bits per heavy atom. The molecule has 1 aliphatic carbocycles. The molecule has 1 aromatic heterocycles. The fourth-order valence-corrected chi connectivity index (χ4v) is 5.45. The summed E-state index contributed by atoms with van der Waals surface area (Å²) in [5, 5.41) is 3.57. The average Bonchev–Trinajstić information content (AvgIpc) is 3.14. The number of aryl methyl sites for hydroxylation is 2. The Hall–Kier alpha value is -2.41. The first-order valence-corrected chi connectivity index (χ1v) is 11.7. The van der Waals surface area contributed by atoms with E-state index in [9.17, 15) is 9.59 Å². The summed E-state index contributed by atoms with van der Waals surface area (Å²) in [5.74, 6) is 0.422. The number of hydrogen-bond donors (Lipinski definition) is 1. The lowest BCUT2D eigenvalue weighted by Gasteiger charge is -2.38. The third-order valence-corrected chi connectivity index (χ3v) is 7.10. The van der Waals surface area contributed by atoms with Gasteiger partial charge in [0.2, 0.25) is 0 Å². The molecule has 160 valence electrons. The Kier molecular flexibility index (Phi) is 6.37. The minimum absolute atomic E-state index is 0.0178. The second-order valence-electron chi connectivity index (χ2n) is 8.29. The summed E-state index contributed by atoms with van der Waals surface area (Å²) in [7, 11) is 0. The molecule has 1 saturated heterocycles. The normalized spacial score (nSPS) is 21.1. The smallest absolute Gasteiger partial charge is 0.260 e. The van der Waals surface area contributed by atoms with E-state index in [1.54, 1.807) is 35.6 Å². The molecule has 1 aromatic carbocycles. The van der Waals surface area contributed by atoms with Crippen LogP contribution in [-0.2, 0) is 17.6 Å². The zero-order valence-corrected chi connectivity index (χ0v) is 18.5. The average molecular weight is 428 g/mol. The first-order valence-electron chi connectivity index (χ1n) is 10.8. The highest BCUT2D eigenvalue weighted by molar-refractivity contribution is 7.15. The van der Waals surface area contributed by atoms with E-state index in [0.29, 0.717) is 16.4 Å². The Bertz CT molecular complexity index is 875. The Balaban J connectivity index is 1.31. The van der Waals surface area contributed by atoms with Gasteiger partial charge < -0.3 is 9.64 Å². The molecule has 2 aliphatic rings. The van der Waals surface area contributed by atoms with E-state index >= 15 is 0 Å². The minimum Gasteiger partial charge on any atom is -0.484 e. The number of hydrogen-bond acceptors (Lipinski definition) is 5. The summed E-state index contributed by atoms with van der Waals surface area (Å²) >= 11 is 1.58. The number of anilines is 1. The van der Waals surface area contributed by atoms with Gasteiger partial charge in [0.25, 0.3) is 11.8 Å². The summed E-state index contributed by atoms with van der Waals surface area (Å²) in [5.41, 5.74) is 1.67. The number of amides is 2. The molecule has 2 unspecified atom stereocenters. The molecule has 0 spiro atoms. The van der Waals surface area contributed by atoms with Crippen molar-refractivity contribution < 1.29 is 14.3 Å². The van der Waals surface area contributed by atoms with Crippen LogP contribution in [0.5, 0.6) is 5.75 Å². The quantitative estimate of drug-likeness (QED) is 0.766. The molecule has 0 bridgehead atoms. The van der Waals surface area contributed by atoms with Crippen LogP contribution in [-0.4, -0.2) is 40.4 Å². The number of nitrogens with one attached hydrogen (secondary N) is 1. The molecule has 7 heteroatoms. The molecule has 6 nitrogen and oxygen atoms in total. The van der Waals surface area contributed by atoms with Crippen LogP contribution in [0.3, 0.4) is 0 Å². The minimum atomic E-state index is -0.181. The Morgan fingerprint density at radius 2 is 1.80 bits per heavy atom. The van der Waals surface area contributed by atoms with Crippen molar-refractivity contribution in [2.45, 2.75) is 70.9 Å². The zero-order valence-electron chi connectivity index (χ0n) is 17.6. The van der Waals surface area contributed by atoms with Gasteiger partial charge in [0.15, 0.2) is 11.7 Å². The molecule has 0 saturated carbocycles. The summed E-state index contributed by atoms with van der Waals surface area (Å²) < 4.78 is 5.69. The maximum atomic E-state index is 12.6. The number of piperidine rings is 1. The van der Waals surface area contributed by atoms with Crippen molar-refractivity contribution in [2.75, 3.05) is 11.9 Å². The van der Waals surface area contributed by atoms with Crippen LogP contribution >= 0.6 is 11.3 Å². The van der Waals surface area contributed by atoms with E-state index in [1.807, 2.05) is 4.90 Å². The monoisotopic (exact) mass is 427 g/mol. The van der Waals surface area contributed by atoms with Crippen LogP contribution in [0, 0.1) is 0 Å². The molecule has 1 N–H and O–H groups in total. The topological polar surface area (TPSA) is 71.5 Å².